The zero-order chi connectivity index (χ0) is 13.4. The molecule has 0 spiro atoms. The van der Waals surface area contributed by atoms with E-state index < -0.39 is 12.0 Å². The predicted octanol–water partition coefficient (Wildman–Crippen LogP) is 1.65. The lowest BCUT2D eigenvalue weighted by molar-refractivity contribution is -0.141. The normalized spacial score (nSPS) is 30.8. The first-order valence-corrected chi connectivity index (χ1v) is 7.80. The Labute approximate surface area is 116 Å². The van der Waals surface area contributed by atoms with Crippen LogP contribution in [0.4, 0.5) is 4.79 Å². The maximum atomic E-state index is 12.4. The van der Waals surface area contributed by atoms with Crippen molar-refractivity contribution in [2.45, 2.75) is 43.1 Å². The first-order chi connectivity index (χ1) is 9.16. The Morgan fingerprint density at radius 1 is 1.26 bits per heavy atom. The standard InChI is InChI=1S/C13H18N2O3S/c16-12(17)10-7-19-11(8-5-6-8)15(10)13(18)14-9-3-1-2-4-9/h1-2,8-11H,3-7H2,(H,14,18)(H,16,17). The van der Waals surface area contributed by atoms with Crippen LogP contribution in [0, 0.1) is 5.92 Å². The third-order valence-electron chi connectivity index (χ3n) is 3.92. The second kappa shape index (κ2) is 5.07. The van der Waals surface area contributed by atoms with Crippen LogP contribution in [0.5, 0.6) is 0 Å². The van der Waals surface area contributed by atoms with Gasteiger partial charge in [-0.3, -0.25) is 4.90 Å². The topological polar surface area (TPSA) is 69.6 Å². The number of carboxylic acids is 1. The predicted molar refractivity (Wildman–Crippen MR) is 72.9 cm³/mol. The van der Waals surface area contributed by atoms with Crippen molar-refractivity contribution in [3.8, 4) is 0 Å². The molecule has 19 heavy (non-hydrogen) atoms. The lowest BCUT2D eigenvalue weighted by atomic mass is 10.2. The third kappa shape index (κ3) is 2.59. The highest BCUT2D eigenvalue weighted by atomic mass is 32.2. The van der Waals surface area contributed by atoms with E-state index in [-0.39, 0.29) is 17.4 Å². The van der Waals surface area contributed by atoms with Gasteiger partial charge in [0.1, 0.15) is 6.04 Å². The van der Waals surface area contributed by atoms with Crippen molar-refractivity contribution < 1.29 is 14.7 Å². The fourth-order valence-electron chi connectivity index (χ4n) is 2.70. The minimum atomic E-state index is -0.893. The summed E-state index contributed by atoms with van der Waals surface area (Å²) in [5.74, 6) is 0.101. The van der Waals surface area contributed by atoms with Crippen molar-refractivity contribution in [2.75, 3.05) is 5.75 Å². The zero-order valence-electron chi connectivity index (χ0n) is 10.6. The van der Waals surface area contributed by atoms with Gasteiger partial charge in [-0.2, -0.15) is 0 Å². The van der Waals surface area contributed by atoms with Crippen molar-refractivity contribution in [1.29, 1.82) is 0 Å². The largest absolute Gasteiger partial charge is 0.480 e. The van der Waals surface area contributed by atoms with E-state index in [9.17, 15) is 14.7 Å². The summed E-state index contributed by atoms with van der Waals surface area (Å²) in [6, 6.07) is -0.750. The van der Waals surface area contributed by atoms with E-state index in [0.717, 1.165) is 25.7 Å². The fourth-order valence-corrected chi connectivity index (χ4v) is 4.33. The molecule has 104 valence electrons. The highest BCUT2D eigenvalue weighted by Gasteiger charge is 2.48. The van der Waals surface area contributed by atoms with Gasteiger partial charge in [0, 0.05) is 11.8 Å². The molecule has 2 aliphatic carbocycles. The Bertz CT molecular complexity index is 414. The van der Waals surface area contributed by atoms with Gasteiger partial charge in [0.25, 0.3) is 0 Å². The number of aliphatic carboxylic acids is 1. The molecule has 1 heterocycles. The quantitative estimate of drug-likeness (QED) is 0.772. The van der Waals surface area contributed by atoms with Crippen molar-refractivity contribution in [3.63, 3.8) is 0 Å². The van der Waals surface area contributed by atoms with E-state index in [0.29, 0.717) is 11.7 Å². The van der Waals surface area contributed by atoms with Crippen LogP contribution in [0.3, 0.4) is 0 Å². The number of carbonyl (C=O) groups excluding carboxylic acids is 1. The molecule has 1 saturated carbocycles. The summed E-state index contributed by atoms with van der Waals surface area (Å²) in [7, 11) is 0. The first kappa shape index (κ1) is 12.8. The molecule has 1 saturated heterocycles. The maximum absolute atomic E-state index is 12.4. The van der Waals surface area contributed by atoms with Gasteiger partial charge in [-0.05, 0) is 31.6 Å². The molecule has 2 N–H and O–H groups in total. The highest BCUT2D eigenvalue weighted by molar-refractivity contribution is 8.00. The van der Waals surface area contributed by atoms with E-state index >= 15 is 0 Å². The Hall–Kier alpha value is -1.17. The minimum absolute atomic E-state index is 0.0514. The van der Waals surface area contributed by atoms with Gasteiger partial charge < -0.3 is 10.4 Å². The van der Waals surface area contributed by atoms with Crippen LogP contribution in [0.15, 0.2) is 12.2 Å². The maximum Gasteiger partial charge on any atom is 0.327 e. The van der Waals surface area contributed by atoms with Crippen LogP contribution in [0.25, 0.3) is 0 Å². The summed E-state index contributed by atoms with van der Waals surface area (Å²) in [4.78, 5) is 25.2. The lowest BCUT2D eigenvalue weighted by Gasteiger charge is -2.29. The van der Waals surface area contributed by atoms with Gasteiger partial charge in [0.2, 0.25) is 0 Å². The first-order valence-electron chi connectivity index (χ1n) is 6.75. The zero-order valence-corrected chi connectivity index (χ0v) is 11.4. The molecular weight excluding hydrogens is 264 g/mol. The van der Waals surface area contributed by atoms with Crippen LogP contribution in [0.2, 0.25) is 0 Å². The summed E-state index contributed by atoms with van der Waals surface area (Å²) in [6.07, 6.45) is 8.02. The number of amides is 2. The number of hydrogen-bond donors (Lipinski definition) is 2. The van der Waals surface area contributed by atoms with Gasteiger partial charge in [0.05, 0.1) is 5.37 Å². The Balaban J connectivity index is 1.69. The van der Waals surface area contributed by atoms with Crippen LogP contribution >= 0.6 is 11.8 Å². The monoisotopic (exact) mass is 282 g/mol. The third-order valence-corrected chi connectivity index (χ3v) is 5.38. The summed E-state index contributed by atoms with van der Waals surface area (Å²) in [6.45, 7) is 0. The number of thioether (sulfide) groups is 1. The summed E-state index contributed by atoms with van der Waals surface area (Å²) in [5, 5.41) is 12.3. The number of hydrogen-bond acceptors (Lipinski definition) is 3. The van der Waals surface area contributed by atoms with Gasteiger partial charge in [0.15, 0.2) is 0 Å². The van der Waals surface area contributed by atoms with Crippen molar-refractivity contribution in [2.24, 2.45) is 5.92 Å². The highest BCUT2D eigenvalue weighted by Crippen LogP contribution is 2.45. The molecule has 5 nitrogen and oxygen atoms in total. The van der Waals surface area contributed by atoms with Gasteiger partial charge in [-0.15, -0.1) is 11.8 Å². The molecule has 0 bridgehead atoms. The number of rotatable bonds is 3. The Morgan fingerprint density at radius 2 is 1.95 bits per heavy atom. The molecule has 2 atom stereocenters. The Kier molecular flexibility index (Phi) is 3.43. The van der Waals surface area contributed by atoms with Crippen LogP contribution < -0.4 is 5.32 Å². The van der Waals surface area contributed by atoms with Crippen LogP contribution in [0.1, 0.15) is 25.7 Å². The van der Waals surface area contributed by atoms with E-state index in [1.54, 1.807) is 16.7 Å². The molecule has 2 amide bonds. The molecule has 0 aromatic carbocycles. The Morgan fingerprint density at radius 3 is 2.53 bits per heavy atom. The number of nitrogens with zero attached hydrogens (tertiary/aromatic N) is 1. The van der Waals surface area contributed by atoms with E-state index in [2.05, 4.69) is 17.5 Å². The van der Waals surface area contributed by atoms with Crippen molar-refractivity contribution in [3.05, 3.63) is 12.2 Å². The molecule has 3 rings (SSSR count). The van der Waals surface area contributed by atoms with Crippen molar-refractivity contribution >= 4 is 23.8 Å². The molecular formula is C13H18N2O3S. The summed E-state index contributed by atoms with van der Waals surface area (Å²) >= 11 is 1.61. The van der Waals surface area contributed by atoms with Crippen LogP contribution in [-0.2, 0) is 4.79 Å². The molecule has 0 aromatic rings. The summed E-state index contributed by atoms with van der Waals surface area (Å²) < 4.78 is 0. The number of urea groups is 1. The van der Waals surface area contributed by atoms with Gasteiger partial charge in [-0.25, -0.2) is 9.59 Å². The molecule has 0 aromatic heterocycles. The molecule has 2 unspecified atom stereocenters. The second-order valence-electron chi connectivity index (χ2n) is 5.41. The van der Waals surface area contributed by atoms with E-state index in [1.807, 2.05) is 0 Å². The van der Waals surface area contributed by atoms with Gasteiger partial charge >= 0.3 is 12.0 Å². The minimum Gasteiger partial charge on any atom is -0.480 e. The summed E-state index contributed by atoms with van der Waals surface area (Å²) in [5.41, 5.74) is 0. The lowest BCUT2D eigenvalue weighted by Crippen LogP contribution is -2.52. The molecule has 2 fully saturated rings. The average Bonchev–Trinajstić information content (AvgIpc) is 2.91. The van der Waals surface area contributed by atoms with Crippen molar-refractivity contribution in [1.82, 2.24) is 10.2 Å². The molecule has 0 radical (unpaired) electrons. The van der Waals surface area contributed by atoms with E-state index in [4.69, 9.17) is 0 Å². The molecule has 6 heteroatoms. The fraction of sp³-hybridized carbons (Fsp3) is 0.692. The number of carbonyl (C=O) groups is 2. The smallest absolute Gasteiger partial charge is 0.327 e. The molecule has 3 aliphatic rings. The average molecular weight is 282 g/mol. The van der Waals surface area contributed by atoms with E-state index in [1.165, 1.54) is 0 Å². The number of nitrogens with one attached hydrogen (secondary N) is 1. The second-order valence-corrected chi connectivity index (χ2v) is 6.56. The SMILES string of the molecule is O=C(O)C1CSC(C2CC2)N1C(=O)NC1CC=CC1. The van der Waals surface area contributed by atoms with Gasteiger partial charge in [-0.1, -0.05) is 12.2 Å². The van der Waals surface area contributed by atoms with Crippen LogP contribution in [-0.4, -0.2) is 45.2 Å². The molecule has 1 aliphatic heterocycles. The number of carboxylic acid groups (broad SMARTS) is 1.